The first-order valence-electron chi connectivity index (χ1n) is 4.37. The van der Waals surface area contributed by atoms with Gasteiger partial charge in [-0.1, -0.05) is 11.8 Å². The molecule has 0 spiro atoms. The summed E-state index contributed by atoms with van der Waals surface area (Å²) in [6.45, 7) is 1.39. The number of thioether (sulfide) groups is 1. The molecule has 0 aromatic carbocycles. The lowest BCUT2D eigenvalue weighted by Crippen LogP contribution is -2.08. The van der Waals surface area contributed by atoms with E-state index in [4.69, 9.17) is 15.2 Å². The fourth-order valence-corrected chi connectivity index (χ4v) is 1.26. The third-order valence-electron chi connectivity index (χ3n) is 1.52. The summed E-state index contributed by atoms with van der Waals surface area (Å²) in [6.07, 6.45) is 1.88. The molecule has 0 saturated carbocycles. The minimum Gasteiger partial charge on any atom is -0.382 e. The van der Waals surface area contributed by atoms with Crippen LogP contribution in [0.2, 0.25) is 0 Å². The highest BCUT2D eigenvalue weighted by molar-refractivity contribution is 7.98. The van der Waals surface area contributed by atoms with Crippen LogP contribution >= 0.6 is 11.8 Å². The van der Waals surface area contributed by atoms with Crippen LogP contribution in [0.15, 0.2) is 5.16 Å². The lowest BCUT2D eigenvalue weighted by Gasteiger charge is -2.04. The highest BCUT2D eigenvalue weighted by Gasteiger charge is 2.03. The number of hydrogen-bond donors (Lipinski definition) is 1. The zero-order chi connectivity index (χ0) is 11.1. The molecule has 1 aromatic rings. The number of aromatic nitrogens is 3. The first-order chi connectivity index (χ1) is 7.26. The van der Waals surface area contributed by atoms with E-state index in [9.17, 15) is 0 Å². The Bertz CT molecular complexity index is 311. The number of nitrogens with zero attached hydrogens (tertiary/aromatic N) is 3. The van der Waals surface area contributed by atoms with Crippen LogP contribution in [0, 0.1) is 0 Å². The molecule has 0 radical (unpaired) electrons. The lowest BCUT2D eigenvalue weighted by atomic mass is 10.6. The van der Waals surface area contributed by atoms with Crippen LogP contribution < -0.4 is 5.73 Å². The van der Waals surface area contributed by atoms with Crippen molar-refractivity contribution in [3.8, 4) is 0 Å². The molecule has 0 aliphatic carbocycles. The van der Waals surface area contributed by atoms with Crippen molar-refractivity contribution in [2.75, 3.05) is 32.3 Å². The van der Waals surface area contributed by atoms with Gasteiger partial charge in [-0.2, -0.15) is 9.97 Å². The van der Waals surface area contributed by atoms with Crippen molar-refractivity contribution in [2.24, 2.45) is 0 Å². The summed E-state index contributed by atoms with van der Waals surface area (Å²) in [4.78, 5) is 12.0. The first-order valence-corrected chi connectivity index (χ1v) is 5.60. The van der Waals surface area contributed by atoms with Crippen LogP contribution in [0.3, 0.4) is 0 Å². The van der Waals surface area contributed by atoms with Crippen molar-refractivity contribution in [1.82, 2.24) is 15.0 Å². The largest absolute Gasteiger partial charge is 0.382 e. The molecule has 1 aromatic heterocycles. The molecule has 1 rings (SSSR count). The molecular weight excluding hydrogens is 216 g/mol. The molecule has 0 bridgehead atoms. The Labute approximate surface area is 92.6 Å². The maximum absolute atomic E-state index is 5.51. The number of hydrogen-bond acceptors (Lipinski definition) is 7. The van der Waals surface area contributed by atoms with Crippen molar-refractivity contribution in [3.63, 3.8) is 0 Å². The Hall–Kier alpha value is -0.920. The maximum Gasteiger partial charge on any atom is 0.224 e. The monoisotopic (exact) mass is 230 g/mol. The van der Waals surface area contributed by atoms with Crippen molar-refractivity contribution >= 4 is 17.7 Å². The maximum atomic E-state index is 5.51. The second kappa shape index (κ2) is 6.54. The second-order valence-corrected chi connectivity index (χ2v) is 3.42. The number of methoxy groups -OCH3 is 1. The normalized spacial score (nSPS) is 10.5. The molecule has 2 N–H and O–H groups in total. The summed E-state index contributed by atoms with van der Waals surface area (Å²) in [5, 5.41) is 0.604. The van der Waals surface area contributed by atoms with Gasteiger partial charge in [0.05, 0.1) is 13.2 Å². The minimum absolute atomic E-state index is 0.222. The van der Waals surface area contributed by atoms with Crippen LogP contribution in [0.4, 0.5) is 5.95 Å². The van der Waals surface area contributed by atoms with Gasteiger partial charge in [-0.25, -0.2) is 4.98 Å². The van der Waals surface area contributed by atoms with Gasteiger partial charge in [0, 0.05) is 7.11 Å². The predicted molar refractivity (Wildman–Crippen MR) is 57.6 cm³/mol. The van der Waals surface area contributed by atoms with Crippen molar-refractivity contribution in [1.29, 1.82) is 0 Å². The number of nitrogen functional groups attached to an aromatic ring is 1. The Kier molecular flexibility index (Phi) is 5.30. The van der Waals surface area contributed by atoms with Crippen molar-refractivity contribution < 1.29 is 9.47 Å². The highest BCUT2D eigenvalue weighted by Crippen LogP contribution is 2.09. The zero-order valence-electron chi connectivity index (χ0n) is 8.77. The lowest BCUT2D eigenvalue weighted by molar-refractivity contribution is 0.0583. The van der Waals surface area contributed by atoms with Crippen LogP contribution in [0.5, 0.6) is 0 Å². The van der Waals surface area contributed by atoms with Gasteiger partial charge in [-0.15, -0.1) is 0 Å². The van der Waals surface area contributed by atoms with Gasteiger partial charge in [-0.05, 0) is 6.26 Å². The fourth-order valence-electron chi connectivity index (χ4n) is 0.877. The molecule has 0 saturated heterocycles. The molecule has 0 aliphatic rings. The Morgan fingerprint density at radius 1 is 1.27 bits per heavy atom. The van der Waals surface area contributed by atoms with E-state index in [1.54, 1.807) is 7.11 Å². The van der Waals surface area contributed by atoms with E-state index in [0.717, 1.165) is 0 Å². The predicted octanol–water partition coefficient (Wildman–Crippen LogP) is 0.339. The van der Waals surface area contributed by atoms with Crippen LogP contribution in [-0.4, -0.2) is 41.5 Å². The zero-order valence-corrected chi connectivity index (χ0v) is 9.58. The molecule has 0 aliphatic heterocycles. The first kappa shape index (κ1) is 12.2. The highest BCUT2D eigenvalue weighted by atomic mass is 32.2. The Morgan fingerprint density at radius 2 is 2.07 bits per heavy atom. The van der Waals surface area contributed by atoms with Gasteiger partial charge in [-0.3, -0.25) is 0 Å². The summed E-state index contributed by atoms with van der Waals surface area (Å²) < 4.78 is 10.1. The van der Waals surface area contributed by atoms with Gasteiger partial charge in [0.1, 0.15) is 6.61 Å². The van der Waals surface area contributed by atoms with Crippen LogP contribution in [-0.2, 0) is 16.1 Å². The topological polar surface area (TPSA) is 83.2 Å². The van der Waals surface area contributed by atoms with Gasteiger partial charge in [0.2, 0.25) is 5.95 Å². The molecule has 15 heavy (non-hydrogen) atoms. The molecular formula is C8H14N4O2S. The van der Waals surface area contributed by atoms with Gasteiger partial charge in [0.15, 0.2) is 11.0 Å². The fraction of sp³-hybridized carbons (Fsp3) is 0.625. The second-order valence-electron chi connectivity index (χ2n) is 2.64. The Morgan fingerprint density at radius 3 is 2.73 bits per heavy atom. The number of nitrogens with two attached hydrogens (primary N) is 1. The number of ether oxygens (including phenoxy) is 2. The molecule has 0 atom stereocenters. The van der Waals surface area contributed by atoms with Gasteiger partial charge >= 0.3 is 0 Å². The summed E-state index contributed by atoms with van der Waals surface area (Å²) in [7, 11) is 1.62. The quantitative estimate of drug-likeness (QED) is 0.557. The molecule has 0 unspecified atom stereocenters. The third-order valence-corrected chi connectivity index (χ3v) is 2.07. The van der Waals surface area contributed by atoms with Crippen LogP contribution in [0.25, 0.3) is 0 Å². The summed E-state index contributed by atoms with van der Waals surface area (Å²) in [5.74, 6) is 0.766. The molecule has 6 nitrogen and oxygen atoms in total. The molecule has 1 heterocycles. The summed E-state index contributed by atoms with van der Waals surface area (Å²) >= 11 is 1.42. The van der Waals surface area contributed by atoms with E-state index in [2.05, 4.69) is 15.0 Å². The van der Waals surface area contributed by atoms with E-state index < -0.39 is 0 Å². The average Bonchev–Trinajstić information content (AvgIpc) is 2.23. The van der Waals surface area contributed by atoms with Crippen LogP contribution in [0.1, 0.15) is 5.82 Å². The standard InChI is InChI=1S/C8H14N4O2S/c1-13-3-4-14-5-6-10-7(9)12-8(11-6)15-2/h3-5H2,1-2H3,(H2,9,10,11,12). The van der Waals surface area contributed by atoms with E-state index in [1.165, 1.54) is 11.8 Å². The Balaban J connectivity index is 2.49. The van der Waals surface area contributed by atoms with E-state index in [1.807, 2.05) is 6.26 Å². The van der Waals surface area contributed by atoms with Crippen molar-refractivity contribution in [2.45, 2.75) is 11.8 Å². The summed E-state index contributed by atoms with van der Waals surface area (Å²) in [6, 6.07) is 0. The van der Waals surface area contributed by atoms with E-state index in [0.29, 0.717) is 30.8 Å². The smallest absolute Gasteiger partial charge is 0.224 e. The van der Waals surface area contributed by atoms with E-state index >= 15 is 0 Å². The van der Waals surface area contributed by atoms with Gasteiger partial charge < -0.3 is 15.2 Å². The molecule has 7 heteroatoms. The van der Waals surface area contributed by atoms with Gasteiger partial charge in [0.25, 0.3) is 0 Å². The minimum atomic E-state index is 0.222. The third kappa shape index (κ3) is 4.41. The number of rotatable bonds is 6. The van der Waals surface area contributed by atoms with Crippen molar-refractivity contribution in [3.05, 3.63) is 5.82 Å². The molecule has 0 fully saturated rings. The molecule has 84 valence electrons. The SMILES string of the molecule is COCCOCc1nc(N)nc(SC)n1. The number of anilines is 1. The average molecular weight is 230 g/mol. The summed E-state index contributed by atoms with van der Waals surface area (Å²) in [5.41, 5.74) is 5.51. The molecule has 0 amide bonds. The van der Waals surface area contributed by atoms with E-state index in [-0.39, 0.29) is 5.95 Å².